The lowest BCUT2D eigenvalue weighted by molar-refractivity contribution is -0.161. The van der Waals surface area contributed by atoms with Crippen LogP contribution < -0.4 is 0 Å². The monoisotopic (exact) mass is 754 g/mol. The molecule has 0 fully saturated rings. The Labute approximate surface area is 315 Å². The Hall–Kier alpha value is -2.33. The van der Waals surface area contributed by atoms with Crippen molar-refractivity contribution in [1.29, 1.82) is 0 Å². The van der Waals surface area contributed by atoms with Crippen LogP contribution in [-0.2, 0) is 32.7 Å². The summed E-state index contributed by atoms with van der Waals surface area (Å²) in [7, 11) is -4.63. The van der Waals surface area contributed by atoms with Crippen LogP contribution in [0.1, 0.15) is 149 Å². The van der Waals surface area contributed by atoms with E-state index in [4.69, 9.17) is 19.1 Å². The molecule has 0 saturated carbocycles. The van der Waals surface area contributed by atoms with Gasteiger partial charge in [0, 0.05) is 12.8 Å². The van der Waals surface area contributed by atoms with Gasteiger partial charge in [-0.05, 0) is 77.0 Å². The Kier molecular flexibility index (Phi) is 35.3. The number of hydrogen-bond donors (Lipinski definition) is 3. The standard InChI is InChI=1S/C41H71O10P/c1-3-5-7-9-11-13-15-17-18-19-21-22-24-26-28-30-32-40(44)48-36-39(37-50-52(46,47)49-35-38(43)34-42)51-41(45)33-31-29-27-25-23-20-16-14-12-10-8-6-4-2/h6,8,12-15,18-20,23,38-39,42-43H,3-5,7,9-11,16-17,21-22,24-37H2,1-2H3,(H,46,47)/b8-6-,14-12-,15-13-,19-18-,23-20-. The Bertz CT molecular complexity index is 1050. The maximum absolute atomic E-state index is 12.5. The minimum atomic E-state index is -4.63. The molecule has 10 nitrogen and oxygen atoms in total. The molecule has 0 amide bonds. The van der Waals surface area contributed by atoms with Crippen molar-refractivity contribution in [2.75, 3.05) is 26.4 Å². The molecule has 0 saturated heterocycles. The molecule has 0 bridgehead atoms. The number of carbonyl (C=O) groups excluding carboxylic acids is 2. The molecule has 0 heterocycles. The highest BCUT2D eigenvalue weighted by atomic mass is 31.2. The summed E-state index contributed by atoms with van der Waals surface area (Å²) in [6.45, 7) is 2.17. The van der Waals surface area contributed by atoms with E-state index in [0.717, 1.165) is 77.0 Å². The van der Waals surface area contributed by atoms with Crippen LogP contribution >= 0.6 is 7.82 Å². The minimum Gasteiger partial charge on any atom is -0.462 e. The number of phosphoric ester groups is 1. The number of carbonyl (C=O) groups is 2. The Morgan fingerprint density at radius 3 is 1.62 bits per heavy atom. The van der Waals surface area contributed by atoms with Gasteiger partial charge in [-0.25, -0.2) is 4.57 Å². The zero-order chi connectivity index (χ0) is 38.4. The van der Waals surface area contributed by atoms with E-state index < -0.39 is 51.8 Å². The van der Waals surface area contributed by atoms with E-state index in [2.05, 4.69) is 79.1 Å². The number of ether oxygens (including phenoxy) is 2. The van der Waals surface area contributed by atoms with Crippen LogP contribution in [0.5, 0.6) is 0 Å². The fourth-order valence-corrected chi connectivity index (χ4v) is 5.65. The maximum Gasteiger partial charge on any atom is 0.472 e. The van der Waals surface area contributed by atoms with Gasteiger partial charge in [0.2, 0.25) is 0 Å². The Balaban J connectivity index is 4.42. The van der Waals surface area contributed by atoms with Gasteiger partial charge in [-0.3, -0.25) is 18.6 Å². The zero-order valence-electron chi connectivity index (χ0n) is 32.3. The first-order valence-corrected chi connectivity index (χ1v) is 21.2. The van der Waals surface area contributed by atoms with E-state index >= 15 is 0 Å². The van der Waals surface area contributed by atoms with Gasteiger partial charge in [0.15, 0.2) is 6.10 Å². The quantitative estimate of drug-likeness (QED) is 0.0244. The molecule has 3 N–H and O–H groups in total. The minimum absolute atomic E-state index is 0.143. The Morgan fingerprint density at radius 1 is 0.596 bits per heavy atom. The van der Waals surface area contributed by atoms with Crippen molar-refractivity contribution in [3.8, 4) is 0 Å². The van der Waals surface area contributed by atoms with Gasteiger partial charge in [0.1, 0.15) is 12.7 Å². The second kappa shape index (κ2) is 37.0. The van der Waals surface area contributed by atoms with Gasteiger partial charge in [-0.2, -0.15) is 0 Å². The number of rotatable bonds is 36. The zero-order valence-corrected chi connectivity index (χ0v) is 33.1. The van der Waals surface area contributed by atoms with Crippen molar-refractivity contribution >= 4 is 19.8 Å². The van der Waals surface area contributed by atoms with E-state index in [0.29, 0.717) is 12.8 Å². The molecule has 11 heteroatoms. The van der Waals surface area contributed by atoms with Crippen molar-refractivity contribution in [1.82, 2.24) is 0 Å². The van der Waals surface area contributed by atoms with Crippen LogP contribution in [0.15, 0.2) is 60.8 Å². The van der Waals surface area contributed by atoms with Crippen molar-refractivity contribution < 1.29 is 47.8 Å². The number of aliphatic hydroxyl groups is 2. The molecule has 0 aliphatic rings. The van der Waals surface area contributed by atoms with Crippen molar-refractivity contribution in [3.63, 3.8) is 0 Å². The average molecular weight is 755 g/mol. The molecular weight excluding hydrogens is 683 g/mol. The van der Waals surface area contributed by atoms with Gasteiger partial charge in [0.25, 0.3) is 0 Å². The lowest BCUT2D eigenvalue weighted by Crippen LogP contribution is -2.29. The topological polar surface area (TPSA) is 149 Å². The van der Waals surface area contributed by atoms with Crippen LogP contribution in [0.4, 0.5) is 0 Å². The molecular formula is C41H71O10P. The van der Waals surface area contributed by atoms with Gasteiger partial charge in [-0.15, -0.1) is 0 Å². The molecule has 0 aromatic rings. The summed E-state index contributed by atoms with van der Waals surface area (Å²) < 4.78 is 32.6. The number of unbranched alkanes of at least 4 members (excludes halogenated alkanes) is 12. The third kappa shape index (κ3) is 36.0. The molecule has 0 rings (SSSR count). The maximum atomic E-state index is 12.5. The van der Waals surface area contributed by atoms with E-state index in [9.17, 15) is 24.2 Å². The van der Waals surface area contributed by atoms with Crippen molar-refractivity contribution in [2.24, 2.45) is 0 Å². The van der Waals surface area contributed by atoms with Crippen LogP contribution in [0.25, 0.3) is 0 Å². The van der Waals surface area contributed by atoms with Crippen molar-refractivity contribution in [2.45, 2.75) is 161 Å². The number of aliphatic hydroxyl groups excluding tert-OH is 2. The van der Waals surface area contributed by atoms with E-state index in [1.54, 1.807) is 0 Å². The summed E-state index contributed by atoms with van der Waals surface area (Å²) in [4.78, 5) is 34.8. The molecule has 0 radical (unpaired) electrons. The fourth-order valence-electron chi connectivity index (χ4n) is 4.86. The van der Waals surface area contributed by atoms with Crippen LogP contribution in [0.2, 0.25) is 0 Å². The predicted octanol–water partition coefficient (Wildman–Crippen LogP) is 9.94. The predicted molar refractivity (Wildman–Crippen MR) is 210 cm³/mol. The normalized spacial score (nSPS) is 14.6. The summed E-state index contributed by atoms with van der Waals surface area (Å²) in [6, 6.07) is 0. The van der Waals surface area contributed by atoms with Crippen LogP contribution in [0.3, 0.4) is 0 Å². The second-order valence-electron chi connectivity index (χ2n) is 12.9. The molecule has 0 aromatic carbocycles. The Morgan fingerprint density at radius 2 is 1.06 bits per heavy atom. The first-order valence-electron chi connectivity index (χ1n) is 19.7. The fraction of sp³-hybridized carbons (Fsp3) is 0.707. The molecule has 300 valence electrons. The third-order valence-electron chi connectivity index (χ3n) is 7.91. The number of esters is 2. The highest BCUT2D eigenvalue weighted by Crippen LogP contribution is 2.43. The summed E-state index contributed by atoms with van der Waals surface area (Å²) >= 11 is 0. The first-order chi connectivity index (χ1) is 25.2. The number of allylic oxidation sites excluding steroid dienone is 10. The summed E-state index contributed by atoms with van der Waals surface area (Å²) in [5, 5.41) is 18.3. The highest BCUT2D eigenvalue weighted by molar-refractivity contribution is 7.47. The highest BCUT2D eigenvalue weighted by Gasteiger charge is 2.27. The number of phosphoric acid groups is 1. The van der Waals surface area contributed by atoms with Gasteiger partial charge in [0.05, 0.1) is 19.8 Å². The third-order valence-corrected chi connectivity index (χ3v) is 8.86. The second-order valence-corrected chi connectivity index (χ2v) is 14.4. The molecule has 0 aliphatic carbocycles. The molecule has 0 spiro atoms. The van der Waals surface area contributed by atoms with E-state index in [1.165, 1.54) is 32.1 Å². The van der Waals surface area contributed by atoms with E-state index in [-0.39, 0.29) is 19.4 Å². The summed E-state index contributed by atoms with van der Waals surface area (Å²) in [5.74, 6) is -0.982. The molecule has 0 aromatic heterocycles. The van der Waals surface area contributed by atoms with Gasteiger partial charge < -0.3 is 24.6 Å². The molecule has 0 aliphatic heterocycles. The van der Waals surface area contributed by atoms with Crippen LogP contribution in [0, 0.1) is 0 Å². The smallest absolute Gasteiger partial charge is 0.462 e. The first kappa shape index (κ1) is 49.7. The summed E-state index contributed by atoms with van der Waals surface area (Å²) in [5.41, 5.74) is 0. The average Bonchev–Trinajstić information content (AvgIpc) is 3.13. The molecule has 3 unspecified atom stereocenters. The number of hydrogen-bond acceptors (Lipinski definition) is 9. The van der Waals surface area contributed by atoms with Gasteiger partial charge >= 0.3 is 19.8 Å². The van der Waals surface area contributed by atoms with Gasteiger partial charge in [-0.1, -0.05) is 120 Å². The van der Waals surface area contributed by atoms with E-state index in [1.807, 2.05) is 0 Å². The SMILES string of the molecule is CC/C=C\C/C=C\C/C=C\CCCCCC(=O)OC(COC(=O)CCCCCCC/C=C\C/C=C\CCCCCC)COP(=O)(O)OCC(O)CO. The molecule has 52 heavy (non-hydrogen) atoms. The lowest BCUT2D eigenvalue weighted by Gasteiger charge is -2.20. The summed E-state index contributed by atoms with van der Waals surface area (Å²) in [6.07, 6.45) is 39.1. The molecule has 3 atom stereocenters. The van der Waals surface area contributed by atoms with Crippen LogP contribution in [-0.4, -0.2) is 65.7 Å². The largest absolute Gasteiger partial charge is 0.472 e. The van der Waals surface area contributed by atoms with Crippen molar-refractivity contribution in [3.05, 3.63) is 60.8 Å². The lowest BCUT2D eigenvalue weighted by atomic mass is 10.1.